The highest BCUT2D eigenvalue weighted by Gasteiger charge is 1.93. The van der Waals surface area contributed by atoms with Crippen molar-refractivity contribution in [3.05, 3.63) is 0 Å². The van der Waals surface area contributed by atoms with Gasteiger partial charge in [-0.3, -0.25) is 0 Å². The van der Waals surface area contributed by atoms with Crippen molar-refractivity contribution in [2.45, 2.75) is 64.2 Å². The summed E-state index contributed by atoms with van der Waals surface area (Å²) in [6.45, 7) is 1.77. The van der Waals surface area contributed by atoms with Gasteiger partial charge in [0.05, 0.1) is 6.54 Å². The molecule has 0 atom stereocenters. The van der Waals surface area contributed by atoms with Gasteiger partial charge in [-0.15, -0.1) is 5.53 Å². The van der Waals surface area contributed by atoms with E-state index in [4.69, 9.17) is 0 Å². The zero-order valence-corrected chi connectivity index (χ0v) is 11.4. The fourth-order valence-electron chi connectivity index (χ4n) is 2.06. The highest BCUT2D eigenvalue weighted by Crippen LogP contribution is 2.10. The molecule has 6 nitrogen and oxygen atoms in total. The molecule has 1 aliphatic heterocycles. The van der Waals surface area contributed by atoms with Gasteiger partial charge in [0.15, 0.2) is 0 Å². The quantitative estimate of drug-likeness (QED) is 0.537. The second kappa shape index (κ2) is 12.7. The molecule has 18 heavy (non-hydrogen) atoms. The van der Waals surface area contributed by atoms with E-state index >= 15 is 0 Å². The van der Waals surface area contributed by atoms with Crippen LogP contribution in [0.2, 0.25) is 0 Å². The number of hydrazine groups is 3. The van der Waals surface area contributed by atoms with E-state index in [0.717, 1.165) is 19.5 Å². The Morgan fingerprint density at radius 2 is 1.22 bits per heavy atom. The molecule has 0 radical (unpaired) electrons. The Hall–Kier alpha value is -0.720. The third-order valence-electron chi connectivity index (χ3n) is 3.14. The molecule has 1 rings (SSSR count). The average molecular weight is 256 g/mol. The number of hydrogen-bond donors (Lipinski definition) is 4. The molecule has 0 aromatic heterocycles. The summed E-state index contributed by atoms with van der Waals surface area (Å²) in [5.74, 6) is 0. The third kappa shape index (κ3) is 10.4. The SMILES string of the molecule is C1CCCCCCNNNNN=NCCCCC1. The predicted molar refractivity (Wildman–Crippen MR) is 73.3 cm³/mol. The third-order valence-corrected chi connectivity index (χ3v) is 3.14. The van der Waals surface area contributed by atoms with E-state index in [1.807, 2.05) is 0 Å². The molecule has 0 aromatic carbocycles. The predicted octanol–water partition coefficient (Wildman–Crippen LogP) is 2.37. The molecule has 0 aromatic rings. The fraction of sp³-hybridized carbons (Fsp3) is 1.00. The number of nitrogens with zero attached hydrogens (tertiary/aromatic N) is 2. The summed E-state index contributed by atoms with van der Waals surface area (Å²) < 4.78 is 0. The van der Waals surface area contributed by atoms with E-state index in [2.05, 4.69) is 32.4 Å². The maximum atomic E-state index is 4.02. The minimum absolute atomic E-state index is 0.808. The molecular weight excluding hydrogens is 228 g/mol. The smallest absolute Gasteiger partial charge is 0.0620 e. The molecule has 1 aliphatic rings. The molecule has 4 N–H and O–H groups in total. The minimum Gasteiger partial charge on any atom is -0.243 e. The van der Waals surface area contributed by atoms with Gasteiger partial charge in [-0.05, 0) is 12.8 Å². The van der Waals surface area contributed by atoms with Crippen molar-refractivity contribution in [3.8, 4) is 0 Å². The van der Waals surface area contributed by atoms with Gasteiger partial charge in [0.25, 0.3) is 0 Å². The van der Waals surface area contributed by atoms with Crippen molar-refractivity contribution in [1.82, 2.24) is 22.0 Å². The molecule has 0 bridgehead atoms. The Bertz CT molecular complexity index is 177. The Kier molecular flexibility index (Phi) is 10.8. The molecule has 0 amide bonds. The molecule has 0 fully saturated rings. The molecule has 106 valence electrons. The van der Waals surface area contributed by atoms with Crippen molar-refractivity contribution in [2.75, 3.05) is 13.1 Å². The standard InChI is InChI=1S/C12H28N6/c1-2-4-6-8-10-12-14-16-18-17-15-13-11-9-7-5-3-1/h1-12H2,(H2,13,16,17)(H2,14,15,18). The van der Waals surface area contributed by atoms with Gasteiger partial charge in [0.1, 0.15) is 0 Å². The second-order valence-corrected chi connectivity index (χ2v) is 4.79. The maximum absolute atomic E-state index is 4.02. The van der Waals surface area contributed by atoms with Crippen LogP contribution in [0.1, 0.15) is 64.2 Å². The van der Waals surface area contributed by atoms with E-state index in [0.29, 0.717) is 0 Å². The Morgan fingerprint density at radius 3 is 1.94 bits per heavy atom. The zero-order chi connectivity index (χ0) is 12.7. The molecule has 0 aliphatic carbocycles. The molecular formula is C12H28N6. The molecule has 0 spiro atoms. The molecule has 0 unspecified atom stereocenters. The van der Waals surface area contributed by atoms with Crippen LogP contribution >= 0.6 is 0 Å². The summed E-state index contributed by atoms with van der Waals surface area (Å²) in [5.41, 5.74) is 11.2. The van der Waals surface area contributed by atoms with E-state index in [9.17, 15) is 0 Å². The van der Waals surface area contributed by atoms with Crippen LogP contribution in [0.25, 0.3) is 0 Å². The molecule has 6 heteroatoms. The summed E-state index contributed by atoms with van der Waals surface area (Å²) in [4.78, 5) is 0. The number of nitrogens with one attached hydrogen (secondary N) is 4. The lowest BCUT2D eigenvalue weighted by molar-refractivity contribution is 0.361. The first-order valence-electron chi connectivity index (χ1n) is 7.34. The van der Waals surface area contributed by atoms with Crippen molar-refractivity contribution in [1.29, 1.82) is 0 Å². The van der Waals surface area contributed by atoms with Gasteiger partial charge in [-0.1, -0.05) is 56.6 Å². The van der Waals surface area contributed by atoms with Crippen molar-refractivity contribution >= 4 is 0 Å². The van der Waals surface area contributed by atoms with Crippen LogP contribution in [-0.4, -0.2) is 13.1 Å². The van der Waals surface area contributed by atoms with Gasteiger partial charge < -0.3 is 0 Å². The van der Waals surface area contributed by atoms with Crippen molar-refractivity contribution in [2.24, 2.45) is 10.3 Å². The topological polar surface area (TPSA) is 72.8 Å². The van der Waals surface area contributed by atoms with Crippen LogP contribution in [0.3, 0.4) is 0 Å². The van der Waals surface area contributed by atoms with Gasteiger partial charge in [-0.25, -0.2) is 11.0 Å². The van der Waals surface area contributed by atoms with Gasteiger partial charge in [0, 0.05) is 6.54 Å². The molecule has 1 heterocycles. The fourth-order valence-corrected chi connectivity index (χ4v) is 2.06. The summed E-state index contributed by atoms with van der Waals surface area (Å²) in [7, 11) is 0. The second-order valence-electron chi connectivity index (χ2n) is 4.79. The van der Waals surface area contributed by atoms with E-state index in [1.165, 1.54) is 57.8 Å². The summed E-state index contributed by atoms with van der Waals surface area (Å²) in [5, 5.41) is 7.81. The van der Waals surface area contributed by atoms with Crippen LogP contribution in [0.5, 0.6) is 0 Å². The van der Waals surface area contributed by atoms with Gasteiger partial charge in [0.2, 0.25) is 0 Å². The highest BCUT2D eigenvalue weighted by molar-refractivity contribution is 4.50. The lowest BCUT2D eigenvalue weighted by Crippen LogP contribution is -2.48. The van der Waals surface area contributed by atoms with Crippen LogP contribution in [0.15, 0.2) is 10.3 Å². The van der Waals surface area contributed by atoms with Crippen LogP contribution in [0, 0.1) is 0 Å². The average Bonchev–Trinajstić information content (AvgIpc) is 2.39. The van der Waals surface area contributed by atoms with Gasteiger partial charge in [-0.2, -0.15) is 10.6 Å². The van der Waals surface area contributed by atoms with Crippen LogP contribution in [0.4, 0.5) is 0 Å². The first-order valence-corrected chi connectivity index (χ1v) is 7.34. The minimum atomic E-state index is 0.808. The van der Waals surface area contributed by atoms with Crippen molar-refractivity contribution in [3.63, 3.8) is 0 Å². The number of rotatable bonds is 0. The zero-order valence-electron chi connectivity index (χ0n) is 11.4. The first-order chi connectivity index (χ1) is 9.00. The largest absolute Gasteiger partial charge is 0.243 e. The number of hydrogen-bond acceptors (Lipinski definition) is 6. The van der Waals surface area contributed by atoms with Crippen LogP contribution < -0.4 is 22.0 Å². The summed E-state index contributed by atoms with van der Waals surface area (Å²) in [6, 6.07) is 0. The Balaban J connectivity index is 2.06. The monoisotopic (exact) mass is 256 g/mol. The maximum Gasteiger partial charge on any atom is 0.0620 e. The summed E-state index contributed by atoms with van der Waals surface area (Å²) in [6.07, 6.45) is 13.2. The van der Waals surface area contributed by atoms with E-state index < -0.39 is 0 Å². The Morgan fingerprint density at radius 1 is 0.611 bits per heavy atom. The van der Waals surface area contributed by atoms with Crippen molar-refractivity contribution < 1.29 is 0 Å². The van der Waals surface area contributed by atoms with E-state index in [1.54, 1.807) is 0 Å². The highest BCUT2D eigenvalue weighted by atomic mass is 15.8. The lowest BCUT2D eigenvalue weighted by Gasteiger charge is -2.07. The molecule has 0 saturated heterocycles. The Labute approximate surface area is 110 Å². The van der Waals surface area contributed by atoms with E-state index in [-0.39, 0.29) is 0 Å². The first kappa shape index (κ1) is 15.3. The normalized spacial score (nSPS) is 22.7. The summed E-state index contributed by atoms with van der Waals surface area (Å²) >= 11 is 0. The van der Waals surface area contributed by atoms with Crippen LogP contribution in [-0.2, 0) is 0 Å². The lowest BCUT2D eigenvalue weighted by atomic mass is 10.1. The van der Waals surface area contributed by atoms with Gasteiger partial charge >= 0.3 is 0 Å². The molecule has 0 saturated carbocycles.